The number of rotatable bonds is 2. The Kier molecular flexibility index (Phi) is 2.34. The normalized spacial score (nSPS) is 13.0. The summed E-state index contributed by atoms with van der Waals surface area (Å²) >= 11 is 3.98. The lowest BCUT2D eigenvalue weighted by Crippen LogP contribution is -2.09. The van der Waals surface area contributed by atoms with Gasteiger partial charge < -0.3 is 4.52 Å². The standard InChI is InChI=1S/C7H9NO2S/c1-4-3-6(10-8-4)7(9)5(2)11/h3,5,11H,1-2H3. The van der Waals surface area contributed by atoms with Gasteiger partial charge in [0, 0.05) is 6.07 Å². The first-order valence-corrected chi connectivity index (χ1v) is 3.78. The minimum absolute atomic E-state index is 0.131. The molecule has 0 aliphatic carbocycles. The van der Waals surface area contributed by atoms with E-state index in [1.807, 2.05) is 0 Å². The summed E-state index contributed by atoms with van der Waals surface area (Å²) in [6.45, 7) is 3.47. The summed E-state index contributed by atoms with van der Waals surface area (Å²) in [6.07, 6.45) is 0. The summed E-state index contributed by atoms with van der Waals surface area (Å²) in [5.41, 5.74) is 0.710. The fourth-order valence-electron chi connectivity index (χ4n) is 0.686. The molecule has 1 heterocycles. The summed E-state index contributed by atoms with van der Waals surface area (Å²) in [6, 6.07) is 1.61. The predicted octanol–water partition coefficient (Wildman–Crippen LogP) is 1.48. The monoisotopic (exact) mass is 171 g/mol. The van der Waals surface area contributed by atoms with Crippen molar-refractivity contribution < 1.29 is 9.32 Å². The van der Waals surface area contributed by atoms with Crippen LogP contribution in [0, 0.1) is 6.92 Å². The Labute approximate surface area is 70.2 Å². The van der Waals surface area contributed by atoms with Crippen LogP contribution in [0.15, 0.2) is 10.6 Å². The van der Waals surface area contributed by atoms with Gasteiger partial charge in [-0.05, 0) is 13.8 Å². The molecular weight excluding hydrogens is 162 g/mol. The lowest BCUT2D eigenvalue weighted by atomic mass is 10.2. The Morgan fingerprint density at radius 1 is 1.82 bits per heavy atom. The molecule has 0 spiro atoms. The average molecular weight is 171 g/mol. The highest BCUT2D eigenvalue weighted by atomic mass is 32.1. The minimum atomic E-state index is -0.331. The summed E-state index contributed by atoms with van der Waals surface area (Å²) in [5.74, 6) is 0.152. The molecule has 0 N–H and O–H groups in total. The van der Waals surface area contributed by atoms with Gasteiger partial charge in [0.15, 0.2) is 0 Å². The van der Waals surface area contributed by atoms with E-state index in [9.17, 15) is 4.79 Å². The van der Waals surface area contributed by atoms with Crippen LogP contribution in [0.2, 0.25) is 0 Å². The van der Waals surface area contributed by atoms with E-state index in [-0.39, 0.29) is 16.8 Å². The molecule has 0 radical (unpaired) electrons. The second-order valence-electron chi connectivity index (χ2n) is 2.37. The maximum absolute atomic E-state index is 11.1. The van der Waals surface area contributed by atoms with Crippen LogP contribution in [0.3, 0.4) is 0 Å². The quantitative estimate of drug-likeness (QED) is 0.541. The lowest BCUT2D eigenvalue weighted by Gasteiger charge is -1.95. The molecule has 1 unspecified atom stereocenters. The fourth-order valence-corrected chi connectivity index (χ4v) is 0.813. The van der Waals surface area contributed by atoms with Gasteiger partial charge in [-0.2, -0.15) is 12.6 Å². The molecule has 3 nitrogen and oxygen atoms in total. The molecule has 11 heavy (non-hydrogen) atoms. The van der Waals surface area contributed by atoms with Crippen molar-refractivity contribution >= 4 is 18.4 Å². The predicted molar refractivity (Wildman–Crippen MR) is 44.0 cm³/mol. The molecule has 0 aliphatic rings. The van der Waals surface area contributed by atoms with Crippen molar-refractivity contribution in [2.45, 2.75) is 19.1 Å². The highest BCUT2D eigenvalue weighted by Crippen LogP contribution is 2.08. The van der Waals surface area contributed by atoms with Crippen LogP contribution in [0.1, 0.15) is 23.2 Å². The van der Waals surface area contributed by atoms with Crippen molar-refractivity contribution in [2.75, 3.05) is 0 Å². The van der Waals surface area contributed by atoms with E-state index in [1.165, 1.54) is 0 Å². The van der Waals surface area contributed by atoms with E-state index >= 15 is 0 Å². The van der Waals surface area contributed by atoms with Crippen molar-refractivity contribution in [1.29, 1.82) is 0 Å². The van der Waals surface area contributed by atoms with Gasteiger partial charge in [0.25, 0.3) is 0 Å². The van der Waals surface area contributed by atoms with Crippen molar-refractivity contribution in [3.8, 4) is 0 Å². The van der Waals surface area contributed by atoms with Gasteiger partial charge in [-0.25, -0.2) is 0 Å². The smallest absolute Gasteiger partial charge is 0.213 e. The first-order chi connectivity index (χ1) is 5.11. The SMILES string of the molecule is Cc1cc(C(=O)C(C)S)on1. The van der Waals surface area contributed by atoms with Crippen LogP contribution in [0.4, 0.5) is 0 Å². The molecule has 60 valence electrons. The lowest BCUT2D eigenvalue weighted by molar-refractivity contribution is 0.0959. The van der Waals surface area contributed by atoms with Crippen molar-refractivity contribution in [3.05, 3.63) is 17.5 Å². The summed E-state index contributed by atoms with van der Waals surface area (Å²) in [5, 5.41) is 3.26. The number of Topliss-reactive ketones (excluding diaryl/α,β-unsaturated/α-hetero) is 1. The molecule has 1 rings (SSSR count). The number of thiol groups is 1. The van der Waals surface area contributed by atoms with E-state index in [0.717, 1.165) is 0 Å². The number of carbonyl (C=O) groups is 1. The zero-order valence-electron chi connectivity index (χ0n) is 6.37. The average Bonchev–Trinajstić information content (AvgIpc) is 2.34. The number of hydrogen-bond donors (Lipinski definition) is 1. The van der Waals surface area contributed by atoms with Crippen LogP contribution < -0.4 is 0 Å². The second kappa shape index (κ2) is 3.09. The topological polar surface area (TPSA) is 43.1 Å². The van der Waals surface area contributed by atoms with Gasteiger partial charge in [0.2, 0.25) is 11.5 Å². The molecule has 1 aromatic heterocycles. The van der Waals surface area contributed by atoms with E-state index in [0.29, 0.717) is 5.69 Å². The Morgan fingerprint density at radius 3 is 2.82 bits per heavy atom. The number of hydrogen-bond acceptors (Lipinski definition) is 4. The molecule has 0 aliphatic heterocycles. The maximum atomic E-state index is 11.1. The van der Waals surface area contributed by atoms with E-state index in [1.54, 1.807) is 19.9 Å². The molecular formula is C7H9NO2S. The molecule has 0 fully saturated rings. The molecule has 0 saturated carbocycles. The highest BCUT2D eigenvalue weighted by molar-refractivity contribution is 7.81. The van der Waals surface area contributed by atoms with E-state index < -0.39 is 0 Å². The molecule has 0 bridgehead atoms. The summed E-state index contributed by atoms with van der Waals surface area (Å²) in [4.78, 5) is 11.1. The first-order valence-electron chi connectivity index (χ1n) is 3.27. The fraction of sp³-hybridized carbons (Fsp3) is 0.429. The summed E-state index contributed by atoms with van der Waals surface area (Å²) < 4.78 is 4.74. The third-order valence-corrected chi connectivity index (χ3v) is 1.48. The van der Waals surface area contributed by atoms with Gasteiger partial charge in [-0.3, -0.25) is 4.79 Å². The van der Waals surface area contributed by atoms with Gasteiger partial charge in [-0.1, -0.05) is 5.16 Å². The number of aryl methyl sites for hydroxylation is 1. The van der Waals surface area contributed by atoms with Crippen molar-refractivity contribution in [1.82, 2.24) is 5.16 Å². The molecule has 1 aromatic rings. The second-order valence-corrected chi connectivity index (χ2v) is 3.15. The number of carbonyl (C=O) groups excluding carboxylic acids is 1. The van der Waals surface area contributed by atoms with Gasteiger partial charge in [0.05, 0.1) is 10.9 Å². The highest BCUT2D eigenvalue weighted by Gasteiger charge is 2.15. The number of nitrogens with zero attached hydrogens (tertiary/aromatic N) is 1. The van der Waals surface area contributed by atoms with Crippen LogP contribution in [-0.2, 0) is 0 Å². The van der Waals surface area contributed by atoms with Crippen LogP contribution in [0.25, 0.3) is 0 Å². The number of aromatic nitrogens is 1. The summed E-state index contributed by atoms with van der Waals surface area (Å²) in [7, 11) is 0. The molecule has 1 atom stereocenters. The van der Waals surface area contributed by atoms with Crippen LogP contribution in [-0.4, -0.2) is 16.2 Å². The van der Waals surface area contributed by atoms with E-state index in [2.05, 4.69) is 17.8 Å². The largest absolute Gasteiger partial charge is 0.353 e. The molecule has 0 saturated heterocycles. The maximum Gasteiger partial charge on any atom is 0.213 e. The van der Waals surface area contributed by atoms with Gasteiger partial charge in [-0.15, -0.1) is 0 Å². The Balaban J connectivity index is 2.85. The number of ketones is 1. The third-order valence-electron chi connectivity index (χ3n) is 1.25. The Morgan fingerprint density at radius 2 is 2.45 bits per heavy atom. The van der Waals surface area contributed by atoms with E-state index in [4.69, 9.17) is 4.52 Å². The Bertz CT molecular complexity index is 267. The molecule has 0 amide bonds. The van der Waals surface area contributed by atoms with Crippen molar-refractivity contribution in [2.24, 2.45) is 0 Å². The van der Waals surface area contributed by atoms with Gasteiger partial charge >= 0.3 is 0 Å². The molecule has 4 heteroatoms. The zero-order valence-corrected chi connectivity index (χ0v) is 7.26. The first kappa shape index (κ1) is 8.33. The van der Waals surface area contributed by atoms with Crippen molar-refractivity contribution in [3.63, 3.8) is 0 Å². The Hall–Kier alpha value is -0.770. The minimum Gasteiger partial charge on any atom is -0.353 e. The molecule has 0 aromatic carbocycles. The van der Waals surface area contributed by atoms with Crippen LogP contribution in [0.5, 0.6) is 0 Å². The van der Waals surface area contributed by atoms with Crippen LogP contribution >= 0.6 is 12.6 Å². The third kappa shape index (κ3) is 1.83. The zero-order chi connectivity index (χ0) is 8.43. The van der Waals surface area contributed by atoms with Gasteiger partial charge in [0.1, 0.15) is 0 Å².